The Hall–Kier alpha value is -2.51. The highest BCUT2D eigenvalue weighted by atomic mass is 32.2. The van der Waals surface area contributed by atoms with E-state index < -0.39 is 12.2 Å². The quantitative estimate of drug-likeness (QED) is 0.527. The number of fused-ring (bicyclic) bond motifs is 1. The van der Waals surface area contributed by atoms with Crippen molar-refractivity contribution in [2.45, 2.75) is 30.4 Å². The first-order chi connectivity index (χ1) is 13.9. The number of methoxy groups -OCH3 is 1. The lowest BCUT2D eigenvalue weighted by atomic mass is 9.90. The molecule has 2 unspecified atom stereocenters. The van der Waals surface area contributed by atoms with Gasteiger partial charge in [0, 0.05) is 11.8 Å². The predicted octanol–water partition coefficient (Wildman–Crippen LogP) is 3.72. The molecule has 0 bridgehead atoms. The van der Waals surface area contributed by atoms with Crippen LogP contribution in [-0.4, -0.2) is 50.6 Å². The molecule has 0 radical (unpaired) electrons. The Morgan fingerprint density at radius 1 is 1.14 bits per heavy atom. The minimum atomic E-state index is -1.01. The van der Waals surface area contributed by atoms with Crippen molar-refractivity contribution in [3.05, 3.63) is 54.1 Å². The fourth-order valence-corrected chi connectivity index (χ4v) is 4.45. The summed E-state index contributed by atoms with van der Waals surface area (Å²) in [6.07, 6.45) is -0.358. The number of Topliss-reactive ketones (excluding diaryl/α,β-unsaturated/α-hetero) is 1. The second kappa shape index (κ2) is 9.33. The number of nitrogens with zero attached hydrogens (tertiary/aromatic N) is 2. The number of benzene rings is 2. The third kappa shape index (κ3) is 4.92. The lowest BCUT2D eigenvalue weighted by Crippen LogP contribution is -2.42. The Balaban J connectivity index is 2.06. The van der Waals surface area contributed by atoms with E-state index in [2.05, 4.69) is 4.90 Å². The topological polar surface area (TPSA) is 59.1 Å². The molecule has 2 atom stereocenters. The van der Waals surface area contributed by atoms with Crippen LogP contribution in [0, 0.1) is 0 Å². The molecule has 2 aromatic rings. The van der Waals surface area contributed by atoms with Gasteiger partial charge in [0.05, 0.1) is 18.7 Å². The van der Waals surface area contributed by atoms with Crippen LogP contribution in [0.15, 0.2) is 53.4 Å². The molecular formula is C22H26N2O4S. The molecule has 29 heavy (non-hydrogen) atoms. The third-order valence-corrected chi connectivity index (χ3v) is 5.93. The van der Waals surface area contributed by atoms with E-state index in [0.717, 1.165) is 22.7 Å². The van der Waals surface area contributed by atoms with Gasteiger partial charge in [-0.2, -0.15) is 0 Å². The van der Waals surface area contributed by atoms with Crippen molar-refractivity contribution in [3.8, 4) is 5.75 Å². The first-order valence-electron chi connectivity index (χ1n) is 9.46. The lowest BCUT2D eigenvalue weighted by molar-refractivity contribution is -0.152. The molecule has 1 aliphatic heterocycles. The molecule has 0 aliphatic carbocycles. The molecule has 1 heterocycles. The number of esters is 1. The maximum Gasteiger partial charge on any atom is 0.304 e. The average molecular weight is 415 g/mol. The van der Waals surface area contributed by atoms with Crippen molar-refractivity contribution in [1.82, 2.24) is 4.90 Å². The van der Waals surface area contributed by atoms with E-state index in [1.807, 2.05) is 62.6 Å². The van der Waals surface area contributed by atoms with E-state index in [4.69, 9.17) is 9.47 Å². The minimum absolute atomic E-state index is 0.115. The van der Waals surface area contributed by atoms with Gasteiger partial charge in [-0.15, -0.1) is 0 Å². The van der Waals surface area contributed by atoms with Gasteiger partial charge in [0.1, 0.15) is 5.75 Å². The van der Waals surface area contributed by atoms with Gasteiger partial charge in [-0.1, -0.05) is 18.2 Å². The van der Waals surface area contributed by atoms with Gasteiger partial charge in [0.25, 0.3) is 0 Å². The third-order valence-electron chi connectivity index (χ3n) is 4.76. The van der Waals surface area contributed by atoms with Crippen molar-refractivity contribution in [1.29, 1.82) is 0 Å². The average Bonchev–Trinajstić information content (AvgIpc) is 2.81. The molecule has 6 nitrogen and oxygen atoms in total. The normalized spacial score (nSPS) is 18.9. The summed E-state index contributed by atoms with van der Waals surface area (Å²) in [5, 5.41) is 0. The van der Waals surface area contributed by atoms with E-state index in [0.29, 0.717) is 12.2 Å². The zero-order chi connectivity index (χ0) is 21.0. The van der Waals surface area contributed by atoms with Crippen molar-refractivity contribution in [3.63, 3.8) is 0 Å². The molecule has 0 aromatic heterocycles. The smallest absolute Gasteiger partial charge is 0.304 e. The molecule has 7 heteroatoms. The molecular weight excluding hydrogens is 388 g/mol. The maximum absolute atomic E-state index is 13.6. The van der Waals surface area contributed by atoms with Gasteiger partial charge < -0.3 is 14.4 Å². The number of carbonyl (C=O) groups is 2. The second-order valence-corrected chi connectivity index (χ2v) is 8.18. The number of rotatable bonds is 6. The molecule has 3 rings (SSSR count). The molecule has 0 saturated heterocycles. The van der Waals surface area contributed by atoms with Crippen molar-refractivity contribution in [2.24, 2.45) is 0 Å². The van der Waals surface area contributed by atoms with Gasteiger partial charge in [0.2, 0.25) is 12.0 Å². The molecule has 0 amide bonds. The van der Waals surface area contributed by atoms with Gasteiger partial charge in [-0.3, -0.25) is 13.9 Å². The first-order valence-corrected chi connectivity index (χ1v) is 10.2. The summed E-state index contributed by atoms with van der Waals surface area (Å²) in [6, 6.07) is 15.3. The van der Waals surface area contributed by atoms with Gasteiger partial charge in [0.15, 0.2) is 0 Å². The summed E-state index contributed by atoms with van der Waals surface area (Å²) in [6.45, 7) is 2.09. The number of ketones is 1. The Bertz CT molecular complexity index is 869. The molecule has 0 N–H and O–H groups in total. The number of hydrogen-bond acceptors (Lipinski definition) is 7. The Morgan fingerprint density at radius 2 is 1.83 bits per heavy atom. The molecule has 2 aromatic carbocycles. The number of hydrogen-bond donors (Lipinski definition) is 0. The Morgan fingerprint density at radius 3 is 2.45 bits per heavy atom. The monoisotopic (exact) mass is 414 g/mol. The standard InChI is InChI=1S/C22H26N2O4S/c1-15(25)28-22-21(26)19(13-14-23(2)3)18-7-5-6-8-20(18)29-24(22)16-9-11-17(27-4)12-10-16/h5-12,19,22H,13-14H2,1-4H3. The van der Waals surface area contributed by atoms with E-state index >= 15 is 0 Å². The highest BCUT2D eigenvalue weighted by Crippen LogP contribution is 2.42. The molecule has 154 valence electrons. The highest BCUT2D eigenvalue weighted by molar-refractivity contribution is 8.00. The van der Waals surface area contributed by atoms with Crippen LogP contribution in [0.4, 0.5) is 5.69 Å². The number of carbonyl (C=O) groups excluding carboxylic acids is 2. The van der Waals surface area contributed by atoms with Crippen LogP contribution in [0.5, 0.6) is 5.75 Å². The summed E-state index contributed by atoms with van der Waals surface area (Å²) < 4.78 is 12.6. The van der Waals surface area contributed by atoms with Crippen molar-refractivity contribution < 1.29 is 19.1 Å². The zero-order valence-electron chi connectivity index (χ0n) is 17.1. The van der Waals surface area contributed by atoms with Crippen molar-refractivity contribution >= 4 is 29.4 Å². The molecule has 1 aliphatic rings. The van der Waals surface area contributed by atoms with Crippen LogP contribution in [-0.2, 0) is 14.3 Å². The van der Waals surface area contributed by atoms with Crippen LogP contribution >= 0.6 is 11.9 Å². The van der Waals surface area contributed by atoms with Gasteiger partial charge in [-0.25, -0.2) is 0 Å². The molecule has 0 fully saturated rings. The van der Waals surface area contributed by atoms with Crippen LogP contribution in [0.2, 0.25) is 0 Å². The summed E-state index contributed by atoms with van der Waals surface area (Å²) in [5.41, 5.74) is 1.73. The summed E-state index contributed by atoms with van der Waals surface area (Å²) in [4.78, 5) is 28.5. The van der Waals surface area contributed by atoms with Gasteiger partial charge in [-0.05, 0) is 74.9 Å². The first kappa shape index (κ1) is 21.2. The number of ether oxygens (including phenoxy) is 2. The Kier molecular flexibility index (Phi) is 6.82. The summed E-state index contributed by atoms with van der Waals surface area (Å²) in [5.74, 6) is -0.239. The van der Waals surface area contributed by atoms with Crippen LogP contribution in [0.3, 0.4) is 0 Å². The molecule has 0 spiro atoms. The van der Waals surface area contributed by atoms with E-state index in [-0.39, 0.29) is 11.7 Å². The van der Waals surface area contributed by atoms with Crippen LogP contribution in [0.1, 0.15) is 24.8 Å². The second-order valence-electron chi connectivity index (χ2n) is 7.16. The maximum atomic E-state index is 13.6. The van der Waals surface area contributed by atoms with Crippen molar-refractivity contribution in [2.75, 3.05) is 32.1 Å². The Labute approximate surface area is 175 Å². The largest absolute Gasteiger partial charge is 0.497 e. The van der Waals surface area contributed by atoms with E-state index in [9.17, 15) is 9.59 Å². The highest BCUT2D eigenvalue weighted by Gasteiger charge is 2.40. The molecule has 0 saturated carbocycles. The van der Waals surface area contributed by atoms with Gasteiger partial charge >= 0.3 is 5.97 Å². The summed E-state index contributed by atoms with van der Waals surface area (Å²) >= 11 is 1.42. The lowest BCUT2D eigenvalue weighted by Gasteiger charge is -2.29. The zero-order valence-corrected chi connectivity index (χ0v) is 17.9. The summed E-state index contributed by atoms with van der Waals surface area (Å²) in [7, 11) is 5.57. The minimum Gasteiger partial charge on any atom is -0.497 e. The predicted molar refractivity (Wildman–Crippen MR) is 114 cm³/mol. The van der Waals surface area contributed by atoms with E-state index in [1.54, 1.807) is 11.4 Å². The fraction of sp³-hybridized carbons (Fsp3) is 0.364. The van der Waals surface area contributed by atoms with E-state index in [1.165, 1.54) is 18.9 Å². The van der Waals surface area contributed by atoms with Crippen LogP contribution < -0.4 is 9.04 Å². The fourth-order valence-electron chi connectivity index (χ4n) is 3.31. The number of anilines is 1. The SMILES string of the molecule is COc1ccc(N2Sc3ccccc3C(CCN(C)C)C(=O)C2OC(C)=O)cc1. The van der Waals surface area contributed by atoms with Crippen LogP contribution in [0.25, 0.3) is 0 Å².